The minimum Gasteiger partial charge on any atom is -0.467 e. The quantitative estimate of drug-likeness (QED) is 0.323. The zero-order valence-corrected chi connectivity index (χ0v) is 18.8. The van der Waals surface area contributed by atoms with Crippen molar-refractivity contribution in [2.45, 2.75) is 51.9 Å². The molecular weight excluding hydrogens is 435 g/mol. The highest BCUT2D eigenvalue weighted by Crippen LogP contribution is 2.39. The smallest absolute Gasteiger partial charge is 0.412 e. The van der Waals surface area contributed by atoms with E-state index in [1.54, 1.807) is 20.8 Å². The fourth-order valence-electron chi connectivity index (χ4n) is 3.22. The Kier molecular flexibility index (Phi) is 7.83. The number of carbonyl (C=O) groups excluding carboxylic acids is 1. The SMILES string of the molecule is CC(C)(C)OC(=O)Nc1cc(OCOC2CCCCO2)c(-c2ccc(F)cc2)cc1[N+](=O)[O-]. The summed E-state index contributed by atoms with van der Waals surface area (Å²) in [7, 11) is 0. The molecule has 1 aliphatic rings. The normalized spacial score (nSPS) is 16.2. The van der Waals surface area contributed by atoms with Crippen molar-refractivity contribution >= 4 is 17.5 Å². The van der Waals surface area contributed by atoms with Gasteiger partial charge in [0.05, 0.1) is 4.92 Å². The summed E-state index contributed by atoms with van der Waals surface area (Å²) in [5.74, 6) is -0.245. The van der Waals surface area contributed by atoms with E-state index in [1.807, 2.05) is 0 Å². The number of benzene rings is 2. The zero-order chi connectivity index (χ0) is 24.0. The van der Waals surface area contributed by atoms with Crippen LogP contribution in [-0.4, -0.2) is 36.3 Å². The van der Waals surface area contributed by atoms with Crippen molar-refractivity contribution in [1.82, 2.24) is 0 Å². The van der Waals surface area contributed by atoms with E-state index in [0.29, 0.717) is 17.7 Å². The van der Waals surface area contributed by atoms with Gasteiger partial charge in [-0.2, -0.15) is 0 Å². The van der Waals surface area contributed by atoms with Crippen LogP contribution in [0.2, 0.25) is 0 Å². The lowest BCUT2D eigenvalue weighted by Gasteiger charge is -2.23. The molecular formula is C23H27FN2O7. The second kappa shape index (κ2) is 10.6. The molecule has 1 fully saturated rings. The lowest BCUT2D eigenvalue weighted by Crippen LogP contribution is -2.27. The summed E-state index contributed by atoms with van der Waals surface area (Å²) in [6, 6.07) is 8.02. The summed E-state index contributed by atoms with van der Waals surface area (Å²) in [6.07, 6.45) is 1.44. The highest BCUT2D eigenvalue weighted by atomic mass is 19.1. The van der Waals surface area contributed by atoms with Gasteiger partial charge in [0.1, 0.15) is 22.9 Å². The van der Waals surface area contributed by atoms with Crippen LogP contribution >= 0.6 is 0 Å². The Bertz CT molecular complexity index is 984. The van der Waals surface area contributed by atoms with Crippen LogP contribution in [0.1, 0.15) is 40.0 Å². The van der Waals surface area contributed by atoms with Gasteiger partial charge in [0, 0.05) is 24.3 Å². The van der Waals surface area contributed by atoms with Crippen molar-refractivity contribution in [2.75, 3.05) is 18.7 Å². The molecule has 1 heterocycles. The Morgan fingerprint density at radius 2 is 1.97 bits per heavy atom. The van der Waals surface area contributed by atoms with Crippen LogP contribution < -0.4 is 10.1 Å². The zero-order valence-electron chi connectivity index (χ0n) is 18.8. The lowest BCUT2D eigenvalue weighted by molar-refractivity contribution is -0.383. The highest BCUT2D eigenvalue weighted by molar-refractivity contribution is 5.90. The predicted octanol–water partition coefficient (Wildman–Crippen LogP) is 5.63. The van der Waals surface area contributed by atoms with Crippen molar-refractivity contribution in [3.63, 3.8) is 0 Å². The number of carbonyl (C=O) groups is 1. The van der Waals surface area contributed by atoms with Crippen molar-refractivity contribution in [3.05, 3.63) is 52.3 Å². The van der Waals surface area contributed by atoms with Gasteiger partial charge in [-0.05, 0) is 57.7 Å². The summed E-state index contributed by atoms with van der Waals surface area (Å²) in [6.45, 7) is 5.46. The van der Waals surface area contributed by atoms with Crippen LogP contribution in [0.4, 0.5) is 20.6 Å². The number of amides is 1. The second-order valence-corrected chi connectivity index (χ2v) is 8.48. The van der Waals surface area contributed by atoms with Gasteiger partial charge < -0.3 is 18.9 Å². The predicted molar refractivity (Wildman–Crippen MR) is 119 cm³/mol. The van der Waals surface area contributed by atoms with E-state index in [0.717, 1.165) is 19.3 Å². The van der Waals surface area contributed by atoms with E-state index in [-0.39, 0.29) is 23.9 Å². The first-order chi connectivity index (χ1) is 15.6. The minimum atomic E-state index is -0.849. The van der Waals surface area contributed by atoms with Gasteiger partial charge >= 0.3 is 6.09 Å². The van der Waals surface area contributed by atoms with E-state index in [1.165, 1.54) is 36.4 Å². The Balaban J connectivity index is 1.92. The molecule has 1 amide bonds. The molecule has 9 nitrogen and oxygen atoms in total. The van der Waals surface area contributed by atoms with Crippen LogP contribution in [0.15, 0.2) is 36.4 Å². The van der Waals surface area contributed by atoms with E-state index in [4.69, 9.17) is 18.9 Å². The first-order valence-corrected chi connectivity index (χ1v) is 10.6. The van der Waals surface area contributed by atoms with E-state index < -0.39 is 28.7 Å². The maximum absolute atomic E-state index is 13.4. The average Bonchev–Trinajstić information content (AvgIpc) is 2.74. The number of rotatable bonds is 7. The Morgan fingerprint density at radius 3 is 2.58 bits per heavy atom. The molecule has 0 aromatic heterocycles. The minimum absolute atomic E-state index is 0.107. The van der Waals surface area contributed by atoms with Crippen LogP contribution in [0.5, 0.6) is 5.75 Å². The summed E-state index contributed by atoms with van der Waals surface area (Å²) in [5.41, 5.74) is -0.440. The molecule has 3 rings (SSSR count). The number of ether oxygens (including phenoxy) is 4. The van der Waals surface area contributed by atoms with Crippen LogP contribution in [0.3, 0.4) is 0 Å². The summed E-state index contributed by atoms with van der Waals surface area (Å²) in [5, 5.41) is 14.1. The van der Waals surface area contributed by atoms with Crippen LogP contribution in [0, 0.1) is 15.9 Å². The van der Waals surface area contributed by atoms with Gasteiger partial charge in [-0.15, -0.1) is 0 Å². The molecule has 33 heavy (non-hydrogen) atoms. The number of nitro benzene ring substituents is 1. The number of hydrogen-bond acceptors (Lipinski definition) is 7. The van der Waals surface area contributed by atoms with Gasteiger partial charge in [0.2, 0.25) is 0 Å². The molecule has 1 N–H and O–H groups in total. The topological polar surface area (TPSA) is 109 Å². The molecule has 10 heteroatoms. The molecule has 1 aliphatic heterocycles. The van der Waals surface area contributed by atoms with Gasteiger partial charge in [0.15, 0.2) is 13.1 Å². The second-order valence-electron chi connectivity index (χ2n) is 8.48. The number of hydrogen-bond donors (Lipinski definition) is 1. The maximum Gasteiger partial charge on any atom is 0.412 e. The van der Waals surface area contributed by atoms with Crippen molar-refractivity contribution in [3.8, 4) is 16.9 Å². The third kappa shape index (κ3) is 7.13. The van der Waals surface area contributed by atoms with E-state index in [2.05, 4.69) is 5.32 Å². The van der Waals surface area contributed by atoms with E-state index >= 15 is 0 Å². The number of nitro groups is 1. The molecule has 1 atom stereocenters. The molecule has 178 valence electrons. The summed E-state index contributed by atoms with van der Waals surface area (Å²) >= 11 is 0. The Labute approximate surface area is 190 Å². The molecule has 0 aliphatic carbocycles. The standard InChI is InChI=1S/C23H27FN2O7/c1-23(2,3)33-22(27)25-18-13-20(31-14-32-21-6-4-5-11-30-21)17(12-19(18)26(28)29)15-7-9-16(24)10-8-15/h7-10,12-13,21H,4-6,11,14H2,1-3H3,(H,25,27). The highest BCUT2D eigenvalue weighted by Gasteiger charge is 2.24. The maximum atomic E-state index is 13.4. The fourth-order valence-corrected chi connectivity index (χ4v) is 3.22. The first kappa shape index (κ1) is 24.4. The first-order valence-electron chi connectivity index (χ1n) is 10.6. The summed E-state index contributed by atoms with van der Waals surface area (Å²) < 4.78 is 35.5. The van der Waals surface area contributed by atoms with Crippen molar-refractivity contribution in [2.24, 2.45) is 0 Å². The van der Waals surface area contributed by atoms with Crippen molar-refractivity contribution in [1.29, 1.82) is 0 Å². The lowest BCUT2D eigenvalue weighted by atomic mass is 10.0. The largest absolute Gasteiger partial charge is 0.467 e. The fraction of sp³-hybridized carbons (Fsp3) is 0.435. The number of nitrogens with zero attached hydrogens (tertiary/aromatic N) is 1. The molecule has 0 bridgehead atoms. The number of nitrogens with one attached hydrogen (secondary N) is 1. The van der Waals surface area contributed by atoms with Gasteiger partial charge in [0.25, 0.3) is 5.69 Å². The van der Waals surface area contributed by atoms with Crippen molar-refractivity contribution < 1.29 is 33.1 Å². The molecule has 1 saturated heterocycles. The van der Waals surface area contributed by atoms with Gasteiger partial charge in [-0.3, -0.25) is 15.4 Å². The average molecular weight is 462 g/mol. The third-order valence-electron chi connectivity index (χ3n) is 4.69. The molecule has 2 aromatic carbocycles. The Morgan fingerprint density at radius 1 is 1.24 bits per heavy atom. The molecule has 0 spiro atoms. The molecule has 0 saturated carbocycles. The molecule has 2 aromatic rings. The van der Waals surface area contributed by atoms with Gasteiger partial charge in [-0.1, -0.05) is 12.1 Å². The number of anilines is 1. The monoisotopic (exact) mass is 462 g/mol. The van der Waals surface area contributed by atoms with Crippen LogP contribution in [-0.2, 0) is 14.2 Å². The molecule has 1 unspecified atom stereocenters. The Hall–Kier alpha value is -3.24. The summed E-state index contributed by atoms with van der Waals surface area (Å²) in [4.78, 5) is 23.3. The third-order valence-corrected chi connectivity index (χ3v) is 4.69. The van der Waals surface area contributed by atoms with Gasteiger partial charge in [-0.25, -0.2) is 9.18 Å². The molecule has 0 radical (unpaired) electrons. The van der Waals surface area contributed by atoms with E-state index in [9.17, 15) is 19.3 Å². The van der Waals surface area contributed by atoms with Crippen LogP contribution in [0.25, 0.3) is 11.1 Å². The number of halogens is 1.